The largest absolute Gasteiger partial charge is 0.355 e. The first-order valence-corrected chi connectivity index (χ1v) is 8.82. The van der Waals surface area contributed by atoms with Crippen LogP contribution in [0.2, 0.25) is 0 Å². The zero-order valence-electron chi connectivity index (χ0n) is 11.5. The van der Waals surface area contributed by atoms with E-state index < -0.39 is 0 Å². The molecule has 2 nitrogen and oxygen atoms in total. The maximum atomic E-state index is 12.5. The second kappa shape index (κ2) is 5.98. The maximum absolute atomic E-state index is 12.5. The Morgan fingerprint density at radius 3 is 2.85 bits per heavy atom. The van der Waals surface area contributed by atoms with Crippen LogP contribution in [0.1, 0.15) is 37.2 Å². The summed E-state index contributed by atoms with van der Waals surface area (Å²) in [7, 11) is 0. The molecule has 4 heteroatoms. The second-order valence-electron chi connectivity index (χ2n) is 5.96. The predicted octanol–water partition coefficient (Wildman–Crippen LogP) is 3.79. The van der Waals surface area contributed by atoms with Crippen LogP contribution < -0.4 is 5.32 Å². The van der Waals surface area contributed by atoms with Gasteiger partial charge in [0.2, 0.25) is 5.91 Å². The number of hydrogen-bond acceptors (Lipinski definition) is 2. The Kier molecular flexibility index (Phi) is 4.27. The number of carbonyl (C=O) groups excluding carboxylic acids is 1. The topological polar surface area (TPSA) is 29.1 Å². The van der Waals surface area contributed by atoms with Gasteiger partial charge in [-0.2, -0.15) is 0 Å². The van der Waals surface area contributed by atoms with Gasteiger partial charge in [0, 0.05) is 28.5 Å². The van der Waals surface area contributed by atoms with Crippen LogP contribution in [0.25, 0.3) is 0 Å². The maximum Gasteiger partial charge on any atom is 0.228 e. The Hall–Kier alpha value is -0.670. The van der Waals surface area contributed by atoms with Crippen LogP contribution >= 0.6 is 23.4 Å². The van der Waals surface area contributed by atoms with Crippen molar-refractivity contribution in [3.63, 3.8) is 0 Å². The molecule has 20 heavy (non-hydrogen) atoms. The van der Waals surface area contributed by atoms with Crippen LogP contribution in [0.4, 0.5) is 0 Å². The third-order valence-corrected chi connectivity index (χ3v) is 6.35. The lowest BCUT2D eigenvalue weighted by Gasteiger charge is -2.27. The summed E-state index contributed by atoms with van der Waals surface area (Å²) >= 11 is 7.91. The highest BCUT2D eigenvalue weighted by atomic mass is 35.5. The molecule has 1 saturated carbocycles. The minimum Gasteiger partial charge on any atom is -0.355 e. The van der Waals surface area contributed by atoms with Gasteiger partial charge < -0.3 is 5.32 Å². The van der Waals surface area contributed by atoms with E-state index in [9.17, 15) is 4.79 Å². The van der Waals surface area contributed by atoms with Gasteiger partial charge in [-0.3, -0.25) is 4.79 Å². The summed E-state index contributed by atoms with van der Waals surface area (Å²) in [6.45, 7) is 0.735. The second-order valence-corrected chi connectivity index (χ2v) is 7.29. The number of benzene rings is 1. The minimum atomic E-state index is 0.00461. The van der Waals surface area contributed by atoms with Gasteiger partial charge in [0.25, 0.3) is 0 Å². The fourth-order valence-electron chi connectivity index (χ4n) is 3.26. The van der Waals surface area contributed by atoms with Gasteiger partial charge in [0.1, 0.15) is 0 Å². The normalized spacial score (nSPS) is 23.6. The van der Waals surface area contributed by atoms with Gasteiger partial charge in [0.15, 0.2) is 0 Å². The fraction of sp³-hybridized carbons (Fsp3) is 0.562. The number of alkyl halides is 1. The number of amides is 1. The SMILES string of the molecule is O=C(NCC1(CCl)CCCC1)C1CSc2ccccc21. The molecule has 1 unspecified atom stereocenters. The van der Waals surface area contributed by atoms with Crippen molar-refractivity contribution in [1.82, 2.24) is 5.32 Å². The highest BCUT2D eigenvalue weighted by Gasteiger charge is 2.35. The zero-order chi connectivity index (χ0) is 14.0. The highest BCUT2D eigenvalue weighted by molar-refractivity contribution is 7.99. The number of hydrogen-bond donors (Lipinski definition) is 1. The molecule has 108 valence electrons. The van der Waals surface area contributed by atoms with Gasteiger partial charge in [-0.15, -0.1) is 23.4 Å². The zero-order valence-corrected chi connectivity index (χ0v) is 13.1. The molecule has 0 spiro atoms. The molecular weight excluding hydrogens is 290 g/mol. The lowest BCUT2D eigenvalue weighted by atomic mass is 9.88. The van der Waals surface area contributed by atoms with Crippen LogP contribution in [0, 0.1) is 5.41 Å². The Morgan fingerprint density at radius 1 is 1.35 bits per heavy atom. The molecule has 1 amide bonds. The highest BCUT2D eigenvalue weighted by Crippen LogP contribution is 2.41. The summed E-state index contributed by atoms with van der Waals surface area (Å²) in [4.78, 5) is 13.7. The van der Waals surface area contributed by atoms with Crippen LogP contribution in [0.15, 0.2) is 29.2 Å². The molecule has 1 aromatic carbocycles. The summed E-state index contributed by atoms with van der Waals surface area (Å²) in [6.07, 6.45) is 4.77. The first kappa shape index (κ1) is 14.3. The lowest BCUT2D eigenvalue weighted by molar-refractivity contribution is -0.122. The first-order chi connectivity index (χ1) is 9.74. The molecule has 1 N–H and O–H groups in total. The van der Waals surface area contributed by atoms with Crippen molar-refractivity contribution in [2.45, 2.75) is 36.5 Å². The molecule has 1 aliphatic carbocycles. The van der Waals surface area contributed by atoms with E-state index in [0.29, 0.717) is 5.88 Å². The summed E-state index contributed by atoms with van der Waals surface area (Å²) in [5.41, 5.74) is 1.32. The molecule has 2 aliphatic rings. The summed E-state index contributed by atoms with van der Waals surface area (Å²) in [5, 5.41) is 3.16. The molecule has 1 heterocycles. The van der Waals surface area contributed by atoms with Gasteiger partial charge in [0.05, 0.1) is 5.92 Å². The van der Waals surface area contributed by atoms with E-state index in [-0.39, 0.29) is 17.2 Å². The van der Waals surface area contributed by atoms with E-state index in [1.807, 2.05) is 12.1 Å². The number of nitrogens with one attached hydrogen (secondary N) is 1. The molecule has 3 rings (SSSR count). The monoisotopic (exact) mass is 309 g/mol. The van der Waals surface area contributed by atoms with Crippen molar-refractivity contribution in [2.75, 3.05) is 18.2 Å². The number of rotatable bonds is 4. The molecule has 0 aromatic heterocycles. The minimum absolute atomic E-state index is 0.00461. The number of carbonyl (C=O) groups is 1. The number of halogens is 1. The molecule has 1 atom stereocenters. The van der Waals surface area contributed by atoms with Crippen LogP contribution in [0.5, 0.6) is 0 Å². The number of fused-ring (bicyclic) bond motifs is 1. The predicted molar refractivity (Wildman–Crippen MR) is 84.5 cm³/mol. The van der Waals surface area contributed by atoms with Gasteiger partial charge >= 0.3 is 0 Å². The summed E-state index contributed by atoms with van der Waals surface area (Å²) < 4.78 is 0. The number of thioether (sulfide) groups is 1. The summed E-state index contributed by atoms with van der Waals surface area (Å²) in [6, 6.07) is 8.23. The average Bonchev–Trinajstić information content (AvgIpc) is 3.12. The molecule has 0 radical (unpaired) electrons. The molecule has 1 fully saturated rings. The van der Waals surface area contributed by atoms with Gasteiger partial charge in [-0.05, 0) is 24.5 Å². The van der Waals surface area contributed by atoms with Crippen molar-refractivity contribution < 1.29 is 4.79 Å². The quantitative estimate of drug-likeness (QED) is 0.857. The third-order valence-electron chi connectivity index (χ3n) is 4.60. The Morgan fingerprint density at radius 2 is 2.10 bits per heavy atom. The van der Waals surface area contributed by atoms with Crippen LogP contribution in [0.3, 0.4) is 0 Å². The molecule has 1 aliphatic heterocycles. The Labute approximate surface area is 129 Å². The van der Waals surface area contributed by atoms with E-state index in [1.54, 1.807) is 11.8 Å². The fourth-order valence-corrected chi connectivity index (χ4v) is 4.85. The van der Waals surface area contributed by atoms with Crippen molar-refractivity contribution in [3.05, 3.63) is 29.8 Å². The van der Waals surface area contributed by atoms with E-state index in [4.69, 9.17) is 11.6 Å². The first-order valence-electron chi connectivity index (χ1n) is 7.29. The lowest BCUT2D eigenvalue weighted by Crippen LogP contribution is -2.39. The van der Waals surface area contributed by atoms with Crippen molar-refractivity contribution in [2.24, 2.45) is 5.41 Å². The average molecular weight is 310 g/mol. The Balaban J connectivity index is 1.63. The van der Waals surface area contributed by atoms with E-state index in [1.165, 1.54) is 23.3 Å². The van der Waals surface area contributed by atoms with Crippen molar-refractivity contribution in [1.29, 1.82) is 0 Å². The van der Waals surface area contributed by atoms with Gasteiger partial charge in [-0.1, -0.05) is 31.0 Å². The van der Waals surface area contributed by atoms with E-state index in [2.05, 4.69) is 17.4 Å². The van der Waals surface area contributed by atoms with Gasteiger partial charge in [-0.25, -0.2) is 0 Å². The van der Waals surface area contributed by atoms with Crippen LogP contribution in [-0.4, -0.2) is 24.1 Å². The van der Waals surface area contributed by atoms with E-state index in [0.717, 1.165) is 25.1 Å². The Bertz CT molecular complexity index is 499. The molecule has 0 bridgehead atoms. The van der Waals surface area contributed by atoms with E-state index >= 15 is 0 Å². The molecule has 1 aromatic rings. The third kappa shape index (κ3) is 2.71. The molecular formula is C16H20ClNOS. The van der Waals surface area contributed by atoms with Crippen LogP contribution in [-0.2, 0) is 4.79 Å². The van der Waals surface area contributed by atoms with Crippen molar-refractivity contribution >= 4 is 29.3 Å². The smallest absolute Gasteiger partial charge is 0.228 e. The summed E-state index contributed by atoms with van der Waals surface area (Å²) in [5.74, 6) is 1.69. The standard InChI is InChI=1S/C16H20ClNOS/c17-10-16(7-3-4-8-16)11-18-15(19)13-9-20-14-6-2-1-5-12(13)14/h1-2,5-6,13H,3-4,7-11H2,(H,18,19). The van der Waals surface area contributed by atoms with Crippen molar-refractivity contribution in [3.8, 4) is 0 Å². The molecule has 0 saturated heterocycles.